The molecule has 0 unspecified atom stereocenters. The third-order valence-electron chi connectivity index (χ3n) is 2.69. The van der Waals surface area contributed by atoms with Gasteiger partial charge in [0.1, 0.15) is 11.0 Å². The largest absolute Gasteiger partial charge is 0.250 e. The summed E-state index contributed by atoms with van der Waals surface area (Å²) in [6, 6.07) is 1.86. The van der Waals surface area contributed by atoms with Crippen LogP contribution in [0, 0.1) is 6.92 Å². The molecule has 0 amide bonds. The minimum absolute atomic E-state index is 0.420. The van der Waals surface area contributed by atoms with Gasteiger partial charge in [-0.3, -0.25) is 4.68 Å². The molecule has 0 aromatic carbocycles. The van der Waals surface area contributed by atoms with Crippen LogP contribution in [0.1, 0.15) is 11.5 Å². The van der Waals surface area contributed by atoms with Crippen molar-refractivity contribution >= 4 is 34.4 Å². The van der Waals surface area contributed by atoms with E-state index >= 15 is 0 Å². The van der Waals surface area contributed by atoms with Gasteiger partial charge in [0.15, 0.2) is 10.8 Å². The van der Waals surface area contributed by atoms with Crippen LogP contribution >= 0.6 is 23.4 Å². The third-order valence-corrected chi connectivity index (χ3v) is 3.84. The Morgan fingerprint density at radius 2 is 2.15 bits per heavy atom. The quantitative estimate of drug-likeness (QED) is 0.420. The summed E-state index contributed by atoms with van der Waals surface area (Å²) < 4.78 is 1.68. The van der Waals surface area contributed by atoms with E-state index in [2.05, 4.69) is 25.0 Å². The van der Waals surface area contributed by atoms with Gasteiger partial charge in [-0.25, -0.2) is 19.9 Å². The summed E-state index contributed by atoms with van der Waals surface area (Å²) in [5.74, 6) is 1.20. The third kappa shape index (κ3) is 2.59. The molecule has 6 nitrogen and oxygen atoms in total. The molecule has 102 valence electrons. The summed E-state index contributed by atoms with van der Waals surface area (Å²) in [4.78, 5) is 17.3. The molecule has 0 spiro atoms. The number of hydrogen-bond acceptors (Lipinski definition) is 6. The van der Waals surface area contributed by atoms with Gasteiger partial charge in [0, 0.05) is 18.9 Å². The Labute approximate surface area is 124 Å². The van der Waals surface area contributed by atoms with E-state index in [9.17, 15) is 0 Å². The maximum atomic E-state index is 6.14. The van der Waals surface area contributed by atoms with Gasteiger partial charge in [-0.1, -0.05) is 23.4 Å². The van der Waals surface area contributed by atoms with Crippen LogP contribution in [0.3, 0.4) is 0 Å². The average molecular weight is 307 g/mol. The average Bonchev–Trinajstić information content (AvgIpc) is 2.79. The Morgan fingerprint density at radius 1 is 1.30 bits per heavy atom. The van der Waals surface area contributed by atoms with Crippen molar-refractivity contribution in [3.63, 3.8) is 0 Å². The Hall–Kier alpha value is -1.73. The van der Waals surface area contributed by atoms with Crippen molar-refractivity contribution in [1.82, 2.24) is 29.7 Å². The molecule has 0 aliphatic rings. The molecule has 0 radical (unpaired) electrons. The molecule has 3 rings (SSSR count). The fraction of sp³-hybridized carbons (Fsp3) is 0.250. The van der Waals surface area contributed by atoms with Crippen molar-refractivity contribution < 1.29 is 0 Å². The fourth-order valence-corrected chi connectivity index (χ4v) is 2.68. The molecule has 0 fully saturated rings. The maximum Gasteiger partial charge on any atom is 0.188 e. The van der Waals surface area contributed by atoms with Crippen LogP contribution in [0.25, 0.3) is 11.0 Å². The highest BCUT2D eigenvalue weighted by molar-refractivity contribution is 7.98. The van der Waals surface area contributed by atoms with Crippen molar-refractivity contribution in [2.24, 2.45) is 7.05 Å². The van der Waals surface area contributed by atoms with Crippen LogP contribution in [0.4, 0.5) is 0 Å². The van der Waals surface area contributed by atoms with E-state index in [1.54, 1.807) is 17.1 Å². The second-order valence-corrected chi connectivity index (χ2v) is 5.51. The summed E-state index contributed by atoms with van der Waals surface area (Å²) in [5.41, 5.74) is 1.66. The first kappa shape index (κ1) is 13.3. The van der Waals surface area contributed by atoms with Crippen molar-refractivity contribution in [3.8, 4) is 0 Å². The number of thioether (sulfide) groups is 1. The Bertz CT molecular complexity index is 772. The Kier molecular flexibility index (Phi) is 3.54. The van der Waals surface area contributed by atoms with E-state index in [0.29, 0.717) is 21.9 Å². The monoisotopic (exact) mass is 306 g/mol. The molecule has 0 N–H and O–H groups in total. The summed E-state index contributed by atoms with van der Waals surface area (Å²) in [6.45, 7) is 1.93. The van der Waals surface area contributed by atoms with Crippen molar-refractivity contribution in [2.75, 3.05) is 0 Å². The van der Waals surface area contributed by atoms with Gasteiger partial charge < -0.3 is 0 Å². The lowest BCUT2D eigenvalue weighted by Crippen LogP contribution is -1.99. The van der Waals surface area contributed by atoms with E-state index < -0.39 is 0 Å². The number of aromatic nitrogens is 6. The van der Waals surface area contributed by atoms with Gasteiger partial charge >= 0.3 is 0 Å². The predicted molar refractivity (Wildman–Crippen MR) is 77.6 cm³/mol. The molecule has 20 heavy (non-hydrogen) atoms. The van der Waals surface area contributed by atoms with Gasteiger partial charge in [-0.15, -0.1) is 0 Å². The van der Waals surface area contributed by atoms with Crippen molar-refractivity contribution in [3.05, 3.63) is 35.1 Å². The molecule has 3 aromatic heterocycles. The lowest BCUT2D eigenvalue weighted by Gasteiger charge is -2.02. The van der Waals surface area contributed by atoms with Gasteiger partial charge in [0.05, 0.1) is 17.3 Å². The second kappa shape index (κ2) is 5.34. The standard InChI is InChI=1S/C12H11ClN6S/c1-7-3-4-14-12(16-7)20-6-9-17-10(13)8-5-15-19(2)11(8)18-9/h3-5H,6H2,1-2H3. The maximum absolute atomic E-state index is 6.14. The molecule has 0 bridgehead atoms. The lowest BCUT2D eigenvalue weighted by molar-refractivity contribution is 0.782. The first-order chi connectivity index (χ1) is 9.63. The smallest absolute Gasteiger partial charge is 0.188 e. The topological polar surface area (TPSA) is 69.4 Å². The van der Waals surface area contributed by atoms with Gasteiger partial charge in [0.25, 0.3) is 0 Å². The molecule has 0 saturated carbocycles. The van der Waals surface area contributed by atoms with Crippen LogP contribution < -0.4 is 0 Å². The predicted octanol–water partition coefficient (Wildman–Crippen LogP) is 2.41. The summed E-state index contributed by atoms with van der Waals surface area (Å²) >= 11 is 7.62. The highest BCUT2D eigenvalue weighted by Gasteiger charge is 2.10. The van der Waals surface area contributed by atoms with Gasteiger partial charge in [-0.2, -0.15) is 5.10 Å². The summed E-state index contributed by atoms with van der Waals surface area (Å²) in [5, 5.41) is 6.01. The van der Waals surface area contributed by atoms with Crippen LogP contribution in [-0.2, 0) is 12.8 Å². The minimum atomic E-state index is 0.420. The highest BCUT2D eigenvalue weighted by Crippen LogP contribution is 2.22. The Morgan fingerprint density at radius 3 is 2.95 bits per heavy atom. The number of nitrogens with zero attached hydrogens (tertiary/aromatic N) is 6. The normalized spacial score (nSPS) is 11.2. The van der Waals surface area contributed by atoms with Crippen LogP contribution in [-0.4, -0.2) is 29.7 Å². The molecule has 0 atom stereocenters. The number of halogens is 1. The van der Waals surface area contributed by atoms with E-state index in [1.165, 1.54) is 11.8 Å². The van der Waals surface area contributed by atoms with E-state index in [0.717, 1.165) is 16.7 Å². The molecular weight excluding hydrogens is 296 g/mol. The fourth-order valence-electron chi connectivity index (χ4n) is 1.72. The zero-order chi connectivity index (χ0) is 14.1. The van der Waals surface area contributed by atoms with Gasteiger partial charge in [-0.05, 0) is 13.0 Å². The number of hydrogen-bond donors (Lipinski definition) is 0. The first-order valence-electron chi connectivity index (χ1n) is 5.90. The van der Waals surface area contributed by atoms with E-state index in [4.69, 9.17) is 11.6 Å². The highest BCUT2D eigenvalue weighted by atomic mass is 35.5. The van der Waals surface area contributed by atoms with Gasteiger partial charge in [0.2, 0.25) is 0 Å². The van der Waals surface area contributed by atoms with Crippen molar-refractivity contribution in [2.45, 2.75) is 17.8 Å². The molecule has 0 aliphatic heterocycles. The molecule has 8 heteroatoms. The first-order valence-corrected chi connectivity index (χ1v) is 7.26. The van der Waals surface area contributed by atoms with E-state index in [1.807, 2.05) is 20.0 Å². The molecule has 0 saturated heterocycles. The summed E-state index contributed by atoms with van der Waals surface area (Å²) in [7, 11) is 1.83. The van der Waals surface area contributed by atoms with Crippen molar-refractivity contribution in [1.29, 1.82) is 0 Å². The molecular formula is C12H11ClN6S. The number of aryl methyl sites for hydroxylation is 2. The molecule has 3 heterocycles. The van der Waals surface area contributed by atoms with Crippen LogP contribution in [0.5, 0.6) is 0 Å². The second-order valence-electron chi connectivity index (χ2n) is 4.21. The molecule has 0 aliphatic carbocycles. The Balaban J connectivity index is 1.86. The number of fused-ring (bicyclic) bond motifs is 1. The van der Waals surface area contributed by atoms with Crippen LogP contribution in [0.2, 0.25) is 5.15 Å². The zero-order valence-electron chi connectivity index (χ0n) is 10.9. The molecule has 3 aromatic rings. The SMILES string of the molecule is Cc1ccnc(SCc2nc(Cl)c3cnn(C)c3n2)n1. The van der Waals surface area contributed by atoms with E-state index in [-0.39, 0.29) is 0 Å². The zero-order valence-corrected chi connectivity index (χ0v) is 12.5. The van der Waals surface area contributed by atoms with Crippen LogP contribution in [0.15, 0.2) is 23.6 Å². The lowest BCUT2D eigenvalue weighted by atomic mass is 10.4. The number of rotatable bonds is 3. The minimum Gasteiger partial charge on any atom is -0.250 e. The summed E-state index contributed by atoms with van der Waals surface area (Å²) in [6.07, 6.45) is 3.40.